The van der Waals surface area contributed by atoms with Gasteiger partial charge in [-0.05, 0) is 0 Å². The Morgan fingerprint density at radius 3 is 2.88 bits per heavy atom. The molecule has 1 heterocycles. The van der Waals surface area contributed by atoms with Crippen LogP contribution in [0.4, 0.5) is 0 Å². The van der Waals surface area contributed by atoms with Gasteiger partial charge in [-0.15, -0.1) is 0 Å². The normalized spacial score (nSPS) is 9.00. The summed E-state index contributed by atoms with van der Waals surface area (Å²) in [5.74, 6) is 0. The van der Waals surface area contributed by atoms with E-state index in [1.165, 1.54) is 12.3 Å². The van der Waals surface area contributed by atoms with Gasteiger partial charge in [-0.25, -0.2) is 4.98 Å². The summed E-state index contributed by atoms with van der Waals surface area (Å²) in [7, 11) is 0. The van der Waals surface area contributed by atoms with Crippen molar-refractivity contribution in [2.24, 2.45) is 0 Å². The van der Waals surface area contributed by atoms with Crippen molar-refractivity contribution in [3.63, 3.8) is 0 Å². The van der Waals surface area contributed by atoms with Gasteiger partial charge in [0.15, 0.2) is 0 Å². The van der Waals surface area contributed by atoms with Crippen molar-refractivity contribution < 1.29 is 5.21 Å². The van der Waals surface area contributed by atoms with E-state index in [1.54, 1.807) is 0 Å². The predicted octanol–water partition coefficient (Wildman–Crippen LogP) is -0.400. The SMILES string of the molecule is N=c1ccn(O)cn1. The molecule has 0 atom stereocenters. The Morgan fingerprint density at radius 1 is 1.75 bits per heavy atom. The molecule has 4 nitrogen and oxygen atoms in total. The predicted molar refractivity (Wildman–Crippen MR) is 25.3 cm³/mol. The van der Waals surface area contributed by atoms with Crippen LogP contribution in [0, 0.1) is 5.41 Å². The standard InChI is InChI=1S/C4H5N3O/c5-4-1-2-7(8)3-6-4/h1-3,5,8H. The summed E-state index contributed by atoms with van der Waals surface area (Å²) in [5.41, 5.74) is 0.148. The Bertz CT molecular complexity index is 208. The summed E-state index contributed by atoms with van der Waals surface area (Å²) in [5, 5.41) is 15.4. The Kier molecular flexibility index (Phi) is 0.997. The number of hydrogen-bond donors (Lipinski definition) is 2. The minimum Gasteiger partial charge on any atom is -0.428 e. The molecule has 0 aliphatic rings. The zero-order valence-electron chi connectivity index (χ0n) is 4.07. The second-order valence-corrected chi connectivity index (χ2v) is 1.33. The highest BCUT2D eigenvalue weighted by molar-refractivity contribution is 4.75. The second kappa shape index (κ2) is 1.65. The molecule has 0 aromatic carbocycles. The third-order valence-electron chi connectivity index (χ3n) is 0.700. The molecule has 0 fully saturated rings. The van der Waals surface area contributed by atoms with Crippen molar-refractivity contribution >= 4 is 0 Å². The molecule has 1 aromatic rings. The van der Waals surface area contributed by atoms with Gasteiger partial charge in [0.1, 0.15) is 11.8 Å². The van der Waals surface area contributed by atoms with Gasteiger partial charge >= 0.3 is 0 Å². The third kappa shape index (κ3) is 0.841. The first kappa shape index (κ1) is 4.83. The molecule has 0 saturated heterocycles. The second-order valence-electron chi connectivity index (χ2n) is 1.33. The first-order chi connectivity index (χ1) is 3.79. The summed E-state index contributed by atoms with van der Waals surface area (Å²) in [6.45, 7) is 0. The van der Waals surface area contributed by atoms with Crippen molar-refractivity contribution in [2.75, 3.05) is 0 Å². The quantitative estimate of drug-likeness (QED) is 0.447. The van der Waals surface area contributed by atoms with Gasteiger partial charge < -0.3 is 5.21 Å². The molecule has 1 aromatic heterocycles. The summed E-state index contributed by atoms with van der Waals surface area (Å²) in [6.07, 6.45) is 2.50. The molecule has 0 bridgehead atoms. The van der Waals surface area contributed by atoms with Gasteiger partial charge in [-0.2, -0.15) is 4.73 Å². The molecular weight excluding hydrogens is 106 g/mol. The maximum atomic E-state index is 8.53. The van der Waals surface area contributed by atoms with Crippen LogP contribution in [0.3, 0.4) is 0 Å². The van der Waals surface area contributed by atoms with Gasteiger partial charge in [0, 0.05) is 12.3 Å². The fourth-order valence-electron chi connectivity index (χ4n) is 0.350. The summed E-state index contributed by atoms with van der Waals surface area (Å²) in [6, 6.07) is 1.39. The van der Waals surface area contributed by atoms with Gasteiger partial charge in [-0.1, -0.05) is 0 Å². The van der Waals surface area contributed by atoms with Crippen molar-refractivity contribution in [1.29, 1.82) is 5.41 Å². The van der Waals surface area contributed by atoms with E-state index in [4.69, 9.17) is 10.6 Å². The van der Waals surface area contributed by atoms with Gasteiger partial charge in [-0.3, -0.25) is 5.41 Å². The molecule has 0 aliphatic carbocycles. The van der Waals surface area contributed by atoms with Crippen LogP contribution in [0.2, 0.25) is 0 Å². The van der Waals surface area contributed by atoms with Gasteiger partial charge in [0.2, 0.25) is 0 Å². The van der Waals surface area contributed by atoms with Crippen molar-refractivity contribution in [3.05, 3.63) is 24.1 Å². The van der Waals surface area contributed by atoms with Crippen LogP contribution < -0.4 is 5.49 Å². The maximum absolute atomic E-state index is 8.53. The largest absolute Gasteiger partial charge is 0.428 e. The van der Waals surface area contributed by atoms with Crippen molar-refractivity contribution in [2.45, 2.75) is 0 Å². The van der Waals surface area contributed by atoms with Crippen LogP contribution in [0.15, 0.2) is 18.6 Å². The molecule has 42 valence electrons. The highest BCUT2D eigenvalue weighted by Gasteiger charge is 1.76. The van der Waals surface area contributed by atoms with Crippen LogP contribution >= 0.6 is 0 Å². The molecule has 0 aliphatic heterocycles. The van der Waals surface area contributed by atoms with Crippen molar-refractivity contribution in [1.82, 2.24) is 9.71 Å². The molecule has 4 heteroatoms. The molecule has 1 rings (SSSR count). The number of nitrogens with zero attached hydrogens (tertiary/aromatic N) is 2. The molecule has 8 heavy (non-hydrogen) atoms. The number of rotatable bonds is 0. The van der Waals surface area contributed by atoms with Crippen LogP contribution in [0.5, 0.6) is 0 Å². The van der Waals surface area contributed by atoms with E-state index in [9.17, 15) is 0 Å². The minimum absolute atomic E-state index is 0.148. The Labute approximate surface area is 45.5 Å². The van der Waals surface area contributed by atoms with Gasteiger partial charge in [0.05, 0.1) is 0 Å². The molecular formula is C4H5N3O. The summed E-state index contributed by atoms with van der Waals surface area (Å²) in [4.78, 5) is 3.46. The van der Waals surface area contributed by atoms with E-state index in [0.717, 1.165) is 11.1 Å². The van der Waals surface area contributed by atoms with Gasteiger partial charge in [0.25, 0.3) is 0 Å². The lowest BCUT2D eigenvalue weighted by Crippen LogP contribution is -2.06. The lowest BCUT2D eigenvalue weighted by molar-refractivity contribution is 0.180. The van der Waals surface area contributed by atoms with Crippen LogP contribution in [-0.4, -0.2) is 14.9 Å². The van der Waals surface area contributed by atoms with E-state index < -0.39 is 0 Å². The molecule has 0 saturated carbocycles. The average molecular weight is 111 g/mol. The van der Waals surface area contributed by atoms with Crippen LogP contribution in [-0.2, 0) is 0 Å². The lowest BCUT2D eigenvalue weighted by atomic mass is 10.7. The topological polar surface area (TPSA) is 61.9 Å². The molecule has 2 N–H and O–H groups in total. The zero-order chi connectivity index (χ0) is 5.98. The highest BCUT2D eigenvalue weighted by Crippen LogP contribution is 1.67. The monoisotopic (exact) mass is 111 g/mol. The molecule has 0 amide bonds. The average Bonchev–Trinajstić information content (AvgIpc) is 1.77. The Morgan fingerprint density at radius 2 is 2.50 bits per heavy atom. The fraction of sp³-hybridized carbons (Fsp3) is 0. The van der Waals surface area contributed by atoms with Crippen molar-refractivity contribution in [3.8, 4) is 0 Å². The van der Waals surface area contributed by atoms with E-state index >= 15 is 0 Å². The van der Waals surface area contributed by atoms with Crippen LogP contribution in [0.1, 0.15) is 0 Å². The summed E-state index contributed by atoms with van der Waals surface area (Å²) < 4.78 is 0.790. The molecule has 0 unspecified atom stereocenters. The van der Waals surface area contributed by atoms with E-state index in [1.807, 2.05) is 0 Å². The molecule has 0 radical (unpaired) electrons. The van der Waals surface area contributed by atoms with E-state index in [-0.39, 0.29) is 5.49 Å². The van der Waals surface area contributed by atoms with Crippen LogP contribution in [0.25, 0.3) is 0 Å². The highest BCUT2D eigenvalue weighted by atomic mass is 16.5. The summed E-state index contributed by atoms with van der Waals surface area (Å²) >= 11 is 0. The maximum Gasteiger partial charge on any atom is 0.147 e. The first-order valence-electron chi connectivity index (χ1n) is 2.07. The number of nitrogens with one attached hydrogen (secondary N) is 1. The number of aromatic nitrogens is 2. The Balaban J connectivity index is 3.22. The lowest BCUT2D eigenvalue weighted by Gasteiger charge is -1.89. The zero-order valence-corrected chi connectivity index (χ0v) is 4.07. The molecule has 0 spiro atoms. The Hall–Kier alpha value is -1.32. The number of hydrogen-bond acceptors (Lipinski definition) is 3. The van der Waals surface area contributed by atoms with E-state index in [2.05, 4.69) is 4.98 Å². The first-order valence-corrected chi connectivity index (χ1v) is 2.07. The minimum atomic E-state index is 0.148. The van der Waals surface area contributed by atoms with E-state index in [0.29, 0.717) is 0 Å². The third-order valence-corrected chi connectivity index (χ3v) is 0.700. The fourth-order valence-corrected chi connectivity index (χ4v) is 0.350. The smallest absolute Gasteiger partial charge is 0.147 e.